The van der Waals surface area contributed by atoms with Gasteiger partial charge in [-0.15, -0.1) is 11.3 Å². The monoisotopic (exact) mass is 553 g/mol. The summed E-state index contributed by atoms with van der Waals surface area (Å²) in [6, 6.07) is 14.8. The second-order valence-corrected chi connectivity index (χ2v) is 10.1. The third kappa shape index (κ3) is 8.64. The third-order valence-corrected chi connectivity index (χ3v) is 7.30. The van der Waals surface area contributed by atoms with Crippen LogP contribution in [0.3, 0.4) is 0 Å². The van der Waals surface area contributed by atoms with Crippen LogP contribution in [0.15, 0.2) is 53.9 Å². The minimum atomic E-state index is -0.304. The zero-order valence-electron chi connectivity index (χ0n) is 23.5. The summed E-state index contributed by atoms with van der Waals surface area (Å²) in [5, 5.41) is 4.95. The first-order chi connectivity index (χ1) is 18.9. The van der Waals surface area contributed by atoms with Crippen molar-refractivity contribution in [3.63, 3.8) is 0 Å². The molecule has 0 radical (unpaired) electrons. The number of carbonyl (C=O) groups excluding carboxylic acids is 2. The van der Waals surface area contributed by atoms with Crippen LogP contribution in [0.4, 0.5) is 10.5 Å². The molecule has 1 heterocycles. The van der Waals surface area contributed by atoms with Crippen molar-refractivity contribution in [1.29, 1.82) is 0 Å². The predicted octanol–water partition coefficient (Wildman–Crippen LogP) is 5.99. The number of nitrogens with one attached hydrogen (secondary N) is 1. The van der Waals surface area contributed by atoms with Gasteiger partial charge in [-0.2, -0.15) is 0 Å². The maximum atomic E-state index is 13.6. The molecular weight excluding hydrogens is 514 g/mol. The van der Waals surface area contributed by atoms with E-state index >= 15 is 0 Å². The van der Waals surface area contributed by atoms with Crippen molar-refractivity contribution >= 4 is 29.0 Å². The van der Waals surface area contributed by atoms with Gasteiger partial charge in [0, 0.05) is 23.7 Å². The molecule has 0 saturated heterocycles. The van der Waals surface area contributed by atoms with Crippen LogP contribution in [0, 0.1) is 6.92 Å². The van der Waals surface area contributed by atoms with Crippen molar-refractivity contribution < 1.29 is 23.8 Å². The second kappa shape index (κ2) is 15.0. The number of thiophene rings is 1. The van der Waals surface area contributed by atoms with Gasteiger partial charge in [0.1, 0.15) is 12.3 Å². The highest BCUT2D eigenvalue weighted by Gasteiger charge is 2.22. The maximum Gasteiger partial charge on any atom is 0.322 e. The Morgan fingerprint density at radius 2 is 1.67 bits per heavy atom. The fraction of sp³-hybridized carbons (Fsp3) is 0.400. The molecule has 0 aliphatic heterocycles. The van der Waals surface area contributed by atoms with Crippen molar-refractivity contribution in [3.05, 3.63) is 69.9 Å². The molecular formula is C30H39N3O5S. The Morgan fingerprint density at radius 1 is 0.923 bits per heavy atom. The zero-order valence-corrected chi connectivity index (χ0v) is 24.3. The van der Waals surface area contributed by atoms with E-state index in [1.807, 2.05) is 54.5 Å². The third-order valence-electron chi connectivity index (χ3n) is 6.30. The Labute approximate surface area is 235 Å². The largest absolute Gasteiger partial charge is 0.494 e. The molecule has 0 atom stereocenters. The molecule has 210 valence electrons. The first-order valence-corrected chi connectivity index (χ1v) is 14.1. The molecule has 3 aromatic rings. The maximum absolute atomic E-state index is 13.6. The summed E-state index contributed by atoms with van der Waals surface area (Å²) in [6.45, 7) is 8.01. The lowest BCUT2D eigenvalue weighted by molar-refractivity contribution is -0.132. The number of aryl methyl sites for hydroxylation is 1. The molecule has 9 heteroatoms. The molecule has 0 aliphatic rings. The number of methoxy groups -OCH3 is 2. The molecule has 0 aliphatic carbocycles. The summed E-state index contributed by atoms with van der Waals surface area (Å²) in [5.74, 6) is 1.96. The molecule has 0 unspecified atom stereocenters. The van der Waals surface area contributed by atoms with E-state index in [0.29, 0.717) is 49.8 Å². The van der Waals surface area contributed by atoms with Gasteiger partial charge < -0.3 is 29.3 Å². The van der Waals surface area contributed by atoms with Crippen LogP contribution in [0.5, 0.6) is 17.2 Å². The number of benzene rings is 2. The van der Waals surface area contributed by atoms with Crippen LogP contribution in [-0.2, 0) is 17.8 Å². The van der Waals surface area contributed by atoms with Gasteiger partial charge in [0.25, 0.3) is 0 Å². The molecule has 0 bridgehead atoms. The fourth-order valence-corrected chi connectivity index (χ4v) is 5.04. The highest BCUT2D eigenvalue weighted by atomic mass is 32.1. The van der Waals surface area contributed by atoms with Gasteiger partial charge in [0.05, 0.1) is 27.4 Å². The number of carbonyl (C=O) groups is 2. The first kappa shape index (κ1) is 29.8. The highest BCUT2D eigenvalue weighted by molar-refractivity contribution is 7.10. The van der Waals surface area contributed by atoms with Crippen LogP contribution in [-0.4, -0.2) is 62.2 Å². The van der Waals surface area contributed by atoms with Gasteiger partial charge in [-0.25, -0.2) is 4.79 Å². The average molecular weight is 554 g/mol. The molecule has 0 fully saturated rings. The Balaban J connectivity index is 1.72. The minimum absolute atomic E-state index is 0.00689. The number of hydrogen-bond donors (Lipinski definition) is 1. The average Bonchev–Trinajstić information content (AvgIpc) is 3.35. The van der Waals surface area contributed by atoms with Gasteiger partial charge in [-0.3, -0.25) is 4.79 Å². The quantitative estimate of drug-likeness (QED) is 0.265. The van der Waals surface area contributed by atoms with Crippen LogP contribution in [0.25, 0.3) is 0 Å². The summed E-state index contributed by atoms with van der Waals surface area (Å²) in [5.41, 5.74) is 2.84. The smallest absolute Gasteiger partial charge is 0.322 e. The summed E-state index contributed by atoms with van der Waals surface area (Å²) in [7, 11) is 3.22. The first-order valence-electron chi connectivity index (χ1n) is 13.2. The minimum Gasteiger partial charge on any atom is -0.494 e. The number of urea groups is 1. The summed E-state index contributed by atoms with van der Waals surface area (Å²) in [4.78, 5) is 31.3. The van der Waals surface area contributed by atoms with E-state index in [1.54, 1.807) is 42.6 Å². The molecule has 0 spiro atoms. The lowest BCUT2D eigenvalue weighted by Gasteiger charge is -2.28. The Bertz CT molecular complexity index is 1210. The number of rotatable bonds is 14. The molecule has 2 aromatic carbocycles. The van der Waals surface area contributed by atoms with Crippen LogP contribution < -0.4 is 19.5 Å². The van der Waals surface area contributed by atoms with Gasteiger partial charge in [0.15, 0.2) is 11.5 Å². The molecule has 0 saturated carbocycles. The van der Waals surface area contributed by atoms with Gasteiger partial charge in [0.2, 0.25) is 5.91 Å². The Hall–Kier alpha value is -3.72. The lowest BCUT2D eigenvalue weighted by atomic mass is 10.1. The van der Waals surface area contributed by atoms with Gasteiger partial charge in [-0.1, -0.05) is 13.0 Å². The van der Waals surface area contributed by atoms with Gasteiger partial charge >= 0.3 is 6.03 Å². The SMILES string of the molecule is CCCN(CC(=O)N(CCc1ccc(OC)c(OC)c1)Cc1sccc1C)C(=O)Nc1ccc(OCC)cc1. The van der Waals surface area contributed by atoms with Gasteiger partial charge in [-0.05, 0) is 85.7 Å². The standard InChI is InChI=1S/C30H39N3O5S/c1-6-16-33(30(35)31-24-9-11-25(12-10-24)38-7-2)21-29(34)32(20-28-22(3)15-18-39-28)17-14-23-8-13-26(36-4)27(19-23)37-5/h8-13,15,18-19H,6-7,14,16-17,20-21H2,1-5H3,(H,31,35). The Morgan fingerprint density at radius 3 is 2.28 bits per heavy atom. The number of hydrogen-bond acceptors (Lipinski definition) is 6. The number of nitrogens with zero attached hydrogens (tertiary/aromatic N) is 2. The van der Waals surface area contributed by atoms with Crippen LogP contribution in [0.2, 0.25) is 0 Å². The van der Waals surface area contributed by atoms with E-state index in [1.165, 1.54) is 0 Å². The van der Waals surface area contributed by atoms with Crippen molar-refractivity contribution in [2.45, 2.75) is 40.2 Å². The normalized spacial score (nSPS) is 10.6. The second-order valence-electron chi connectivity index (χ2n) is 9.09. The number of amides is 3. The molecule has 39 heavy (non-hydrogen) atoms. The van der Waals surface area contributed by atoms with E-state index < -0.39 is 0 Å². The van der Waals surface area contributed by atoms with E-state index in [0.717, 1.165) is 28.2 Å². The fourth-order valence-electron chi connectivity index (χ4n) is 4.12. The van der Waals surface area contributed by atoms with Crippen LogP contribution in [0.1, 0.15) is 36.3 Å². The highest BCUT2D eigenvalue weighted by Crippen LogP contribution is 2.28. The Kier molecular flexibility index (Phi) is 11.5. The summed E-state index contributed by atoms with van der Waals surface area (Å²) < 4.78 is 16.3. The van der Waals surface area contributed by atoms with Crippen molar-refractivity contribution in [2.24, 2.45) is 0 Å². The number of ether oxygens (including phenoxy) is 3. The number of anilines is 1. The topological polar surface area (TPSA) is 80.3 Å². The van der Waals surface area contributed by atoms with Crippen molar-refractivity contribution in [1.82, 2.24) is 9.80 Å². The van der Waals surface area contributed by atoms with E-state index in [4.69, 9.17) is 14.2 Å². The molecule has 3 amide bonds. The van der Waals surface area contributed by atoms with Crippen LogP contribution >= 0.6 is 11.3 Å². The molecule has 1 aromatic heterocycles. The molecule has 8 nitrogen and oxygen atoms in total. The zero-order chi connectivity index (χ0) is 28.2. The molecule has 1 N–H and O–H groups in total. The predicted molar refractivity (Wildman–Crippen MR) is 156 cm³/mol. The van der Waals surface area contributed by atoms with E-state index in [9.17, 15) is 9.59 Å². The van der Waals surface area contributed by atoms with E-state index in [-0.39, 0.29) is 18.5 Å². The van der Waals surface area contributed by atoms with Crippen molar-refractivity contribution in [2.75, 3.05) is 45.8 Å². The van der Waals surface area contributed by atoms with E-state index in [2.05, 4.69) is 18.3 Å². The molecule has 3 rings (SSSR count). The summed E-state index contributed by atoms with van der Waals surface area (Å²) in [6.07, 6.45) is 1.38. The van der Waals surface area contributed by atoms with Crippen molar-refractivity contribution in [3.8, 4) is 17.2 Å². The lowest BCUT2D eigenvalue weighted by Crippen LogP contribution is -2.45. The summed E-state index contributed by atoms with van der Waals surface area (Å²) >= 11 is 1.64.